The zero-order valence-electron chi connectivity index (χ0n) is 12.5. The van der Waals surface area contributed by atoms with Crippen molar-refractivity contribution in [1.82, 2.24) is 20.3 Å². The Bertz CT molecular complexity index is 631. The summed E-state index contributed by atoms with van der Waals surface area (Å²) in [6, 6.07) is 6.01. The predicted octanol–water partition coefficient (Wildman–Crippen LogP) is 1.53. The molecule has 7 heteroatoms. The molecule has 1 atom stereocenters. The van der Waals surface area contributed by atoms with Crippen LogP contribution in [0.1, 0.15) is 6.42 Å². The van der Waals surface area contributed by atoms with E-state index in [9.17, 15) is 4.79 Å². The normalized spacial score (nSPS) is 17.7. The molecule has 1 unspecified atom stereocenters. The van der Waals surface area contributed by atoms with Crippen molar-refractivity contribution in [2.24, 2.45) is 0 Å². The molecule has 0 bridgehead atoms. The van der Waals surface area contributed by atoms with Gasteiger partial charge in [0.1, 0.15) is 0 Å². The lowest BCUT2D eigenvalue weighted by Gasteiger charge is -2.17. The van der Waals surface area contributed by atoms with Crippen LogP contribution in [-0.4, -0.2) is 52.0 Å². The van der Waals surface area contributed by atoms with Gasteiger partial charge in [0.15, 0.2) is 0 Å². The van der Waals surface area contributed by atoms with Gasteiger partial charge in [-0.25, -0.2) is 9.97 Å². The number of nitrogens with one attached hydrogen (secondary N) is 2. The highest BCUT2D eigenvalue weighted by molar-refractivity contribution is 7.99. The van der Waals surface area contributed by atoms with Gasteiger partial charge in [0, 0.05) is 31.5 Å². The molecule has 6 nitrogen and oxygen atoms in total. The Morgan fingerprint density at radius 1 is 1.55 bits per heavy atom. The van der Waals surface area contributed by atoms with Crippen molar-refractivity contribution >= 4 is 23.6 Å². The minimum Gasteiger partial charge on any atom is -0.360 e. The fourth-order valence-electron chi connectivity index (χ4n) is 2.60. The fraction of sp³-hybridized carbons (Fsp3) is 0.400. The lowest BCUT2D eigenvalue weighted by Crippen LogP contribution is -2.38. The first-order valence-electron chi connectivity index (χ1n) is 7.26. The molecule has 2 aromatic heterocycles. The summed E-state index contributed by atoms with van der Waals surface area (Å²) in [5, 5.41) is 3.06. The number of carbonyl (C=O) groups excluding carboxylic acids is 1. The van der Waals surface area contributed by atoms with E-state index in [4.69, 9.17) is 0 Å². The second kappa shape index (κ2) is 6.83. The van der Waals surface area contributed by atoms with Crippen LogP contribution in [0.15, 0.2) is 30.6 Å². The summed E-state index contributed by atoms with van der Waals surface area (Å²) in [6.45, 7) is 1.62. The molecule has 0 aliphatic carbocycles. The van der Waals surface area contributed by atoms with E-state index in [-0.39, 0.29) is 11.9 Å². The van der Waals surface area contributed by atoms with Gasteiger partial charge in [0.2, 0.25) is 11.9 Å². The molecule has 22 heavy (non-hydrogen) atoms. The highest BCUT2D eigenvalue weighted by Gasteiger charge is 2.25. The van der Waals surface area contributed by atoms with Gasteiger partial charge in [-0.3, -0.25) is 4.79 Å². The number of rotatable bonds is 5. The maximum absolute atomic E-state index is 11.7. The second-order valence-electron chi connectivity index (χ2n) is 5.26. The molecule has 1 amide bonds. The zero-order chi connectivity index (χ0) is 15.4. The molecule has 0 saturated carbocycles. The van der Waals surface area contributed by atoms with Crippen molar-refractivity contribution in [1.29, 1.82) is 0 Å². The third-order valence-electron chi connectivity index (χ3n) is 3.63. The average Bonchev–Trinajstić information content (AvgIpc) is 3.19. The van der Waals surface area contributed by atoms with Crippen LogP contribution in [0.4, 0.5) is 5.95 Å². The quantitative estimate of drug-likeness (QED) is 0.875. The van der Waals surface area contributed by atoms with E-state index in [1.165, 1.54) is 11.8 Å². The molecule has 1 aliphatic heterocycles. The van der Waals surface area contributed by atoms with Gasteiger partial charge in [-0.15, -0.1) is 0 Å². The monoisotopic (exact) mass is 317 g/mol. The van der Waals surface area contributed by atoms with Crippen molar-refractivity contribution in [3.05, 3.63) is 30.6 Å². The second-order valence-corrected chi connectivity index (χ2v) is 6.12. The lowest BCUT2D eigenvalue weighted by atomic mass is 10.2. The molecular formula is C15H19N5OS. The van der Waals surface area contributed by atoms with Crippen molar-refractivity contribution in [3.8, 4) is 11.4 Å². The predicted molar refractivity (Wildman–Crippen MR) is 89.0 cm³/mol. The number of hydrogen-bond acceptors (Lipinski definition) is 5. The number of H-pyrrole nitrogens is 1. The van der Waals surface area contributed by atoms with Gasteiger partial charge in [-0.05, 0) is 30.9 Å². The number of hydrogen-bond donors (Lipinski definition) is 2. The van der Waals surface area contributed by atoms with Gasteiger partial charge < -0.3 is 15.2 Å². The SMILES string of the molecule is CSCC(=O)NC1CCN(c2nccc(-c3ccc[nH]3)n2)C1. The van der Waals surface area contributed by atoms with Crippen LogP contribution >= 0.6 is 11.8 Å². The molecule has 2 aromatic rings. The maximum Gasteiger partial charge on any atom is 0.230 e. The average molecular weight is 317 g/mol. The number of anilines is 1. The summed E-state index contributed by atoms with van der Waals surface area (Å²) < 4.78 is 0. The lowest BCUT2D eigenvalue weighted by molar-refractivity contribution is -0.119. The first-order valence-corrected chi connectivity index (χ1v) is 8.65. The molecule has 3 rings (SSSR count). The summed E-state index contributed by atoms with van der Waals surface area (Å²) >= 11 is 1.54. The molecule has 2 N–H and O–H groups in total. The van der Waals surface area contributed by atoms with E-state index >= 15 is 0 Å². The summed E-state index contributed by atoms with van der Waals surface area (Å²) in [4.78, 5) is 25.9. The number of nitrogens with zero attached hydrogens (tertiary/aromatic N) is 3. The molecule has 0 aromatic carbocycles. The van der Waals surface area contributed by atoms with Gasteiger partial charge in [-0.1, -0.05) is 0 Å². The van der Waals surface area contributed by atoms with Crippen LogP contribution < -0.4 is 10.2 Å². The molecule has 0 spiro atoms. The van der Waals surface area contributed by atoms with Crippen LogP contribution in [-0.2, 0) is 4.79 Å². The van der Waals surface area contributed by atoms with Crippen molar-refractivity contribution in [2.75, 3.05) is 30.0 Å². The first kappa shape index (κ1) is 14.9. The number of thioether (sulfide) groups is 1. The van der Waals surface area contributed by atoms with Gasteiger partial charge >= 0.3 is 0 Å². The van der Waals surface area contributed by atoms with Gasteiger partial charge in [0.05, 0.1) is 17.1 Å². The number of aromatic nitrogens is 3. The highest BCUT2D eigenvalue weighted by Crippen LogP contribution is 2.20. The fourth-order valence-corrected chi connectivity index (χ4v) is 2.95. The van der Waals surface area contributed by atoms with Gasteiger partial charge in [0.25, 0.3) is 0 Å². The minimum absolute atomic E-state index is 0.0976. The summed E-state index contributed by atoms with van der Waals surface area (Å²) in [6.07, 6.45) is 6.51. The van der Waals surface area contributed by atoms with E-state index < -0.39 is 0 Å². The first-order chi connectivity index (χ1) is 10.8. The van der Waals surface area contributed by atoms with E-state index in [1.807, 2.05) is 30.7 Å². The standard InChI is InChI=1S/C15H19N5OS/c1-22-10-14(21)18-11-5-8-20(9-11)15-17-7-4-13(19-15)12-3-2-6-16-12/h2-4,6-7,11,16H,5,8-10H2,1H3,(H,18,21). The smallest absolute Gasteiger partial charge is 0.230 e. The van der Waals surface area contributed by atoms with Crippen molar-refractivity contribution in [2.45, 2.75) is 12.5 Å². The zero-order valence-corrected chi connectivity index (χ0v) is 13.3. The van der Waals surface area contributed by atoms with E-state index in [0.717, 1.165) is 30.9 Å². The summed E-state index contributed by atoms with van der Waals surface area (Å²) in [5.41, 5.74) is 1.86. The molecule has 116 valence electrons. The maximum atomic E-state index is 11.7. The molecule has 0 radical (unpaired) electrons. The minimum atomic E-state index is 0.0976. The Morgan fingerprint density at radius 2 is 2.45 bits per heavy atom. The molecule has 3 heterocycles. The van der Waals surface area contributed by atoms with Crippen LogP contribution in [0.2, 0.25) is 0 Å². The van der Waals surface area contributed by atoms with E-state index in [0.29, 0.717) is 11.7 Å². The Kier molecular flexibility index (Phi) is 4.62. The third kappa shape index (κ3) is 3.41. The van der Waals surface area contributed by atoms with E-state index in [2.05, 4.69) is 25.2 Å². The Hall–Kier alpha value is -2.02. The van der Waals surface area contributed by atoms with Crippen molar-refractivity contribution < 1.29 is 4.79 Å². The van der Waals surface area contributed by atoms with Crippen LogP contribution in [0, 0.1) is 0 Å². The van der Waals surface area contributed by atoms with Gasteiger partial charge in [-0.2, -0.15) is 11.8 Å². The van der Waals surface area contributed by atoms with E-state index in [1.54, 1.807) is 6.20 Å². The summed E-state index contributed by atoms with van der Waals surface area (Å²) in [5.74, 6) is 1.32. The van der Waals surface area contributed by atoms with Crippen LogP contribution in [0.25, 0.3) is 11.4 Å². The van der Waals surface area contributed by atoms with Crippen molar-refractivity contribution in [3.63, 3.8) is 0 Å². The number of carbonyl (C=O) groups is 1. The Morgan fingerprint density at radius 3 is 3.23 bits per heavy atom. The topological polar surface area (TPSA) is 73.9 Å². The Balaban J connectivity index is 1.66. The molecular weight excluding hydrogens is 298 g/mol. The van der Waals surface area contributed by atoms with Crippen LogP contribution in [0.5, 0.6) is 0 Å². The summed E-state index contributed by atoms with van der Waals surface area (Å²) in [7, 11) is 0. The molecule has 1 saturated heterocycles. The number of aromatic amines is 1. The number of amides is 1. The molecule has 1 aliphatic rings. The molecule has 1 fully saturated rings. The Labute approximate surface area is 133 Å². The van der Waals surface area contributed by atoms with Crippen LogP contribution in [0.3, 0.4) is 0 Å². The third-order valence-corrected chi connectivity index (χ3v) is 4.18. The largest absolute Gasteiger partial charge is 0.360 e. The highest BCUT2D eigenvalue weighted by atomic mass is 32.2.